The zero-order valence-electron chi connectivity index (χ0n) is 15.6. The molecule has 0 aromatic carbocycles. The van der Waals surface area contributed by atoms with Gasteiger partial charge in [-0.2, -0.15) is 5.10 Å². The van der Waals surface area contributed by atoms with Gasteiger partial charge in [-0.3, -0.25) is 0 Å². The van der Waals surface area contributed by atoms with Crippen molar-refractivity contribution in [3.8, 4) is 0 Å². The van der Waals surface area contributed by atoms with E-state index in [1.54, 1.807) is 0 Å². The number of hydrogen-bond donors (Lipinski definition) is 0. The van der Waals surface area contributed by atoms with Crippen LogP contribution in [0, 0.1) is 17.8 Å². The van der Waals surface area contributed by atoms with E-state index < -0.39 is 0 Å². The summed E-state index contributed by atoms with van der Waals surface area (Å²) in [6, 6.07) is 0. The van der Waals surface area contributed by atoms with E-state index in [1.165, 1.54) is 89.3 Å². The Bertz CT molecular complexity index is 617. The summed E-state index contributed by atoms with van der Waals surface area (Å²) in [5.41, 5.74) is 0. The zero-order valence-corrected chi connectivity index (χ0v) is 15.6. The Morgan fingerprint density at radius 2 is 1.48 bits per heavy atom. The summed E-state index contributed by atoms with van der Waals surface area (Å²) < 4.78 is 2.12. The first-order chi connectivity index (χ1) is 12.4. The molecular formula is C22H33N3. The average Bonchev–Trinajstić information content (AvgIpc) is 3.14. The lowest BCUT2D eigenvalue weighted by Gasteiger charge is -2.35. The smallest absolute Gasteiger partial charge is 0.154 e. The number of hydrogen-bond acceptors (Lipinski definition) is 2. The maximum Gasteiger partial charge on any atom is 0.154 e. The van der Waals surface area contributed by atoms with E-state index in [9.17, 15) is 0 Å². The standard InChI is InChI=1S/C22H33N3/c1-2-6-16(7-3-1)17-10-12-19(13-11-17)21-23-22-20-9-5-4-8-18(20)14-15-25(22)24-21/h14-20H,1-13H2. The lowest BCUT2D eigenvalue weighted by molar-refractivity contribution is 0.184. The Morgan fingerprint density at radius 3 is 2.32 bits per heavy atom. The number of fused-ring (bicyclic) bond motifs is 3. The molecular weight excluding hydrogens is 306 g/mol. The molecule has 0 amide bonds. The molecule has 1 aromatic heterocycles. The minimum absolute atomic E-state index is 0.619. The van der Waals surface area contributed by atoms with Crippen LogP contribution in [0.2, 0.25) is 0 Å². The van der Waals surface area contributed by atoms with Crippen LogP contribution in [-0.4, -0.2) is 14.8 Å². The van der Waals surface area contributed by atoms with Crippen molar-refractivity contribution < 1.29 is 0 Å². The highest BCUT2D eigenvalue weighted by molar-refractivity contribution is 5.32. The fourth-order valence-corrected chi connectivity index (χ4v) is 6.24. The summed E-state index contributed by atoms with van der Waals surface area (Å²) >= 11 is 0. The highest BCUT2D eigenvalue weighted by Crippen LogP contribution is 2.44. The van der Waals surface area contributed by atoms with Gasteiger partial charge < -0.3 is 0 Å². The van der Waals surface area contributed by atoms with Crippen LogP contribution in [0.15, 0.2) is 6.08 Å². The van der Waals surface area contributed by atoms with Gasteiger partial charge in [-0.25, -0.2) is 9.67 Å². The third kappa shape index (κ3) is 3.08. The molecule has 0 saturated heterocycles. The maximum absolute atomic E-state index is 5.10. The fourth-order valence-electron chi connectivity index (χ4n) is 6.24. The van der Waals surface area contributed by atoms with Crippen molar-refractivity contribution in [2.45, 2.75) is 95.3 Å². The quantitative estimate of drug-likeness (QED) is 0.672. The van der Waals surface area contributed by atoms with Gasteiger partial charge in [0.25, 0.3) is 0 Å². The van der Waals surface area contributed by atoms with Crippen molar-refractivity contribution in [2.75, 3.05) is 0 Å². The van der Waals surface area contributed by atoms with Crippen molar-refractivity contribution >= 4 is 6.20 Å². The third-order valence-corrected chi connectivity index (χ3v) is 7.75. The van der Waals surface area contributed by atoms with E-state index in [4.69, 9.17) is 10.1 Å². The Hall–Kier alpha value is -1.12. The third-order valence-electron chi connectivity index (χ3n) is 7.75. The maximum atomic E-state index is 5.10. The molecule has 25 heavy (non-hydrogen) atoms. The van der Waals surface area contributed by atoms with Gasteiger partial charge in [0.15, 0.2) is 5.82 Å². The van der Waals surface area contributed by atoms with E-state index in [0.717, 1.165) is 23.6 Å². The van der Waals surface area contributed by atoms with Gasteiger partial charge in [-0.05, 0) is 56.3 Å². The summed E-state index contributed by atoms with van der Waals surface area (Å²) in [6.07, 6.45) is 22.9. The molecule has 0 N–H and O–H groups in total. The second-order valence-electron chi connectivity index (χ2n) is 9.18. The zero-order chi connectivity index (χ0) is 16.6. The van der Waals surface area contributed by atoms with E-state index in [1.807, 2.05) is 0 Å². The van der Waals surface area contributed by atoms with Gasteiger partial charge >= 0.3 is 0 Å². The van der Waals surface area contributed by atoms with Gasteiger partial charge in [0.05, 0.1) is 0 Å². The molecule has 3 saturated carbocycles. The summed E-state index contributed by atoms with van der Waals surface area (Å²) in [5, 5.41) is 4.92. The molecule has 1 aliphatic heterocycles. The second-order valence-corrected chi connectivity index (χ2v) is 9.18. The molecule has 3 aliphatic carbocycles. The Kier molecular flexibility index (Phi) is 4.43. The van der Waals surface area contributed by atoms with Crippen LogP contribution in [0.4, 0.5) is 0 Å². The molecule has 3 fully saturated rings. The lowest BCUT2D eigenvalue weighted by atomic mass is 9.71. The molecule has 0 spiro atoms. The first kappa shape index (κ1) is 16.1. The van der Waals surface area contributed by atoms with Gasteiger partial charge in [0, 0.05) is 18.0 Å². The van der Waals surface area contributed by atoms with Crippen LogP contribution in [-0.2, 0) is 0 Å². The number of aromatic nitrogens is 3. The molecule has 3 heteroatoms. The van der Waals surface area contributed by atoms with Crippen LogP contribution in [0.5, 0.6) is 0 Å². The van der Waals surface area contributed by atoms with Crippen molar-refractivity contribution in [2.24, 2.45) is 17.8 Å². The summed E-state index contributed by atoms with van der Waals surface area (Å²) in [7, 11) is 0. The van der Waals surface area contributed by atoms with Crippen LogP contribution < -0.4 is 0 Å². The first-order valence-electron chi connectivity index (χ1n) is 11.0. The molecule has 3 nitrogen and oxygen atoms in total. The molecule has 2 unspecified atom stereocenters. The molecule has 0 radical (unpaired) electrons. The normalized spacial score (nSPS) is 36.0. The largest absolute Gasteiger partial charge is 0.225 e. The second kappa shape index (κ2) is 6.89. The van der Waals surface area contributed by atoms with E-state index in [-0.39, 0.29) is 0 Å². The summed E-state index contributed by atoms with van der Waals surface area (Å²) in [5.74, 6) is 6.44. The predicted molar refractivity (Wildman–Crippen MR) is 101 cm³/mol. The summed E-state index contributed by atoms with van der Waals surface area (Å²) in [6.45, 7) is 0. The van der Waals surface area contributed by atoms with Crippen LogP contribution >= 0.6 is 0 Å². The van der Waals surface area contributed by atoms with Crippen molar-refractivity contribution in [3.05, 3.63) is 17.7 Å². The molecule has 136 valence electrons. The van der Waals surface area contributed by atoms with Crippen molar-refractivity contribution in [3.63, 3.8) is 0 Å². The molecule has 2 heterocycles. The monoisotopic (exact) mass is 339 g/mol. The summed E-state index contributed by atoms with van der Waals surface area (Å²) in [4.78, 5) is 5.10. The van der Waals surface area contributed by atoms with Crippen LogP contribution in [0.3, 0.4) is 0 Å². The van der Waals surface area contributed by atoms with Crippen LogP contribution in [0.25, 0.3) is 6.20 Å². The van der Waals surface area contributed by atoms with Gasteiger partial charge in [-0.15, -0.1) is 0 Å². The highest BCUT2D eigenvalue weighted by atomic mass is 15.3. The lowest BCUT2D eigenvalue weighted by Crippen LogP contribution is -2.23. The van der Waals surface area contributed by atoms with E-state index >= 15 is 0 Å². The van der Waals surface area contributed by atoms with Crippen molar-refractivity contribution in [1.29, 1.82) is 0 Å². The molecule has 1 aromatic rings. The molecule has 2 atom stereocenters. The van der Waals surface area contributed by atoms with E-state index in [2.05, 4.69) is 17.0 Å². The van der Waals surface area contributed by atoms with E-state index in [0.29, 0.717) is 11.8 Å². The highest BCUT2D eigenvalue weighted by Gasteiger charge is 2.34. The van der Waals surface area contributed by atoms with Gasteiger partial charge in [0.2, 0.25) is 0 Å². The van der Waals surface area contributed by atoms with Crippen molar-refractivity contribution in [1.82, 2.24) is 14.8 Å². The number of allylic oxidation sites excluding steroid dienone is 1. The SMILES string of the molecule is C1=Cn2nc(C3CCC(C4CCCCC4)CC3)nc2C2CCCCC12. The average molecular weight is 340 g/mol. The van der Waals surface area contributed by atoms with Gasteiger partial charge in [0.1, 0.15) is 5.82 Å². The Labute approximate surface area is 152 Å². The van der Waals surface area contributed by atoms with Crippen LogP contribution in [0.1, 0.15) is 107 Å². The minimum Gasteiger partial charge on any atom is -0.225 e. The molecule has 5 rings (SSSR count). The molecule has 0 bridgehead atoms. The topological polar surface area (TPSA) is 30.7 Å². The Balaban J connectivity index is 1.26. The fraction of sp³-hybridized carbons (Fsp3) is 0.818. The number of rotatable bonds is 2. The minimum atomic E-state index is 0.619. The number of nitrogens with zero attached hydrogens (tertiary/aromatic N) is 3. The predicted octanol–water partition coefficient (Wildman–Crippen LogP) is 5.89. The molecule has 4 aliphatic rings. The first-order valence-corrected chi connectivity index (χ1v) is 11.0. The Morgan fingerprint density at radius 1 is 0.760 bits per heavy atom. The van der Waals surface area contributed by atoms with Gasteiger partial charge in [-0.1, -0.05) is 51.0 Å².